The molecule has 0 spiro atoms. The molecule has 0 bridgehead atoms. The quantitative estimate of drug-likeness (QED) is 0.781. The molecule has 0 fully saturated rings. The SMILES string of the molecule is Cc1noc(C)c1CCC(=O)NCCC(C)O. The van der Waals surface area contributed by atoms with Crippen molar-refractivity contribution < 1.29 is 14.4 Å². The van der Waals surface area contributed by atoms with Crippen molar-refractivity contribution in [2.45, 2.75) is 46.1 Å². The van der Waals surface area contributed by atoms with E-state index in [1.165, 1.54) is 0 Å². The predicted molar refractivity (Wildman–Crippen MR) is 63.6 cm³/mol. The highest BCUT2D eigenvalue weighted by atomic mass is 16.5. The van der Waals surface area contributed by atoms with Gasteiger partial charge in [-0.2, -0.15) is 0 Å². The summed E-state index contributed by atoms with van der Waals surface area (Å²) in [5.74, 6) is 0.768. The molecule has 1 unspecified atom stereocenters. The highest BCUT2D eigenvalue weighted by molar-refractivity contribution is 5.76. The molecular weight excluding hydrogens is 220 g/mol. The average Bonchev–Trinajstić information content (AvgIpc) is 2.55. The fourth-order valence-electron chi connectivity index (χ4n) is 1.61. The van der Waals surface area contributed by atoms with Crippen molar-refractivity contribution in [1.29, 1.82) is 0 Å². The molecule has 1 rings (SSSR count). The molecule has 1 aromatic heterocycles. The molecule has 0 saturated heterocycles. The van der Waals surface area contributed by atoms with E-state index in [0.29, 0.717) is 25.8 Å². The Morgan fingerprint density at radius 2 is 2.24 bits per heavy atom. The Hall–Kier alpha value is -1.36. The summed E-state index contributed by atoms with van der Waals surface area (Å²) in [6.07, 6.45) is 1.26. The lowest BCUT2D eigenvalue weighted by Gasteiger charge is -2.06. The van der Waals surface area contributed by atoms with Crippen LogP contribution < -0.4 is 5.32 Å². The highest BCUT2D eigenvalue weighted by Gasteiger charge is 2.10. The van der Waals surface area contributed by atoms with E-state index >= 15 is 0 Å². The van der Waals surface area contributed by atoms with Crippen molar-refractivity contribution in [1.82, 2.24) is 10.5 Å². The number of aliphatic hydroxyl groups is 1. The van der Waals surface area contributed by atoms with E-state index in [1.54, 1.807) is 6.92 Å². The zero-order valence-electron chi connectivity index (χ0n) is 10.6. The van der Waals surface area contributed by atoms with Crippen LogP contribution in [0.1, 0.15) is 36.8 Å². The Balaban J connectivity index is 2.29. The van der Waals surface area contributed by atoms with Crippen LogP contribution in [0.25, 0.3) is 0 Å². The second-order valence-corrected chi connectivity index (χ2v) is 4.29. The van der Waals surface area contributed by atoms with Crippen LogP contribution in [-0.2, 0) is 11.2 Å². The normalized spacial score (nSPS) is 12.5. The topological polar surface area (TPSA) is 75.4 Å². The molecule has 0 radical (unpaired) electrons. The molecule has 0 aliphatic rings. The lowest BCUT2D eigenvalue weighted by atomic mass is 10.1. The van der Waals surface area contributed by atoms with Gasteiger partial charge in [-0.15, -0.1) is 0 Å². The van der Waals surface area contributed by atoms with Gasteiger partial charge in [0.2, 0.25) is 5.91 Å². The molecule has 1 heterocycles. The van der Waals surface area contributed by atoms with Gasteiger partial charge in [-0.1, -0.05) is 5.16 Å². The molecule has 0 aromatic carbocycles. The van der Waals surface area contributed by atoms with E-state index in [2.05, 4.69) is 10.5 Å². The highest BCUT2D eigenvalue weighted by Crippen LogP contribution is 2.13. The second-order valence-electron chi connectivity index (χ2n) is 4.29. The van der Waals surface area contributed by atoms with Crippen LogP contribution in [0.4, 0.5) is 0 Å². The molecule has 2 N–H and O–H groups in total. The van der Waals surface area contributed by atoms with Gasteiger partial charge < -0.3 is 14.9 Å². The van der Waals surface area contributed by atoms with Crippen LogP contribution in [0.2, 0.25) is 0 Å². The number of aromatic nitrogens is 1. The summed E-state index contributed by atoms with van der Waals surface area (Å²) in [6.45, 7) is 5.94. The van der Waals surface area contributed by atoms with E-state index in [-0.39, 0.29) is 12.0 Å². The third-order valence-corrected chi connectivity index (χ3v) is 2.67. The third kappa shape index (κ3) is 4.56. The monoisotopic (exact) mass is 240 g/mol. The first kappa shape index (κ1) is 13.7. The van der Waals surface area contributed by atoms with Crippen LogP contribution in [0, 0.1) is 13.8 Å². The van der Waals surface area contributed by atoms with Crippen molar-refractivity contribution >= 4 is 5.91 Å². The summed E-state index contributed by atoms with van der Waals surface area (Å²) in [5.41, 5.74) is 1.86. The lowest BCUT2D eigenvalue weighted by molar-refractivity contribution is -0.121. The number of carbonyl (C=O) groups is 1. The first-order valence-electron chi connectivity index (χ1n) is 5.87. The standard InChI is InChI=1S/C12H20N2O3/c1-8(15)6-7-13-12(16)5-4-11-9(2)14-17-10(11)3/h8,15H,4-7H2,1-3H3,(H,13,16). The van der Waals surface area contributed by atoms with E-state index in [9.17, 15) is 4.79 Å². The van der Waals surface area contributed by atoms with Gasteiger partial charge in [-0.25, -0.2) is 0 Å². The van der Waals surface area contributed by atoms with Gasteiger partial charge in [0, 0.05) is 18.5 Å². The summed E-state index contributed by atoms with van der Waals surface area (Å²) >= 11 is 0. The van der Waals surface area contributed by atoms with Crippen LogP contribution in [0.15, 0.2) is 4.52 Å². The largest absolute Gasteiger partial charge is 0.393 e. The molecule has 96 valence electrons. The Morgan fingerprint density at radius 1 is 1.53 bits per heavy atom. The zero-order valence-corrected chi connectivity index (χ0v) is 10.6. The fourth-order valence-corrected chi connectivity index (χ4v) is 1.61. The van der Waals surface area contributed by atoms with E-state index < -0.39 is 0 Å². The fraction of sp³-hybridized carbons (Fsp3) is 0.667. The van der Waals surface area contributed by atoms with Gasteiger partial charge in [-0.05, 0) is 33.6 Å². The summed E-state index contributed by atoms with van der Waals surface area (Å²) in [7, 11) is 0. The molecule has 0 saturated carbocycles. The molecular formula is C12H20N2O3. The summed E-state index contributed by atoms with van der Waals surface area (Å²) in [5, 5.41) is 15.7. The van der Waals surface area contributed by atoms with E-state index in [4.69, 9.17) is 9.63 Å². The Kier molecular flexibility index (Phi) is 5.15. The predicted octanol–water partition coefficient (Wildman–Crippen LogP) is 1.11. The summed E-state index contributed by atoms with van der Waals surface area (Å²) in [4.78, 5) is 11.5. The number of amides is 1. The second kappa shape index (κ2) is 6.39. The smallest absolute Gasteiger partial charge is 0.220 e. The van der Waals surface area contributed by atoms with Gasteiger partial charge in [0.1, 0.15) is 5.76 Å². The van der Waals surface area contributed by atoms with Crippen molar-refractivity contribution in [2.75, 3.05) is 6.54 Å². The van der Waals surface area contributed by atoms with E-state index in [0.717, 1.165) is 17.0 Å². The maximum absolute atomic E-state index is 11.5. The van der Waals surface area contributed by atoms with Crippen molar-refractivity contribution in [3.63, 3.8) is 0 Å². The maximum Gasteiger partial charge on any atom is 0.220 e. The third-order valence-electron chi connectivity index (χ3n) is 2.67. The lowest BCUT2D eigenvalue weighted by Crippen LogP contribution is -2.26. The van der Waals surface area contributed by atoms with E-state index in [1.807, 2.05) is 13.8 Å². The molecule has 5 heteroatoms. The first-order chi connectivity index (χ1) is 8.00. The minimum atomic E-state index is -0.377. The molecule has 1 atom stereocenters. The Bertz CT molecular complexity index is 352. The molecule has 1 amide bonds. The van der Waals surface area contributed by atoms with Crippen molar-refractivity contribution in [3.05, 3.63) is 17.0 Å². The number of hydrogen-bond donors (Lipinski definition) is 2. The Morgan fingerprint density at radius 3 is 2.76 bits per heavy atom. The van der Waals surface area contributed by atoms with Gasteiger partial charge in [-0.3, -0.25) is 4.79 Å². The van der Waals surface area contributed by atoms with Crippen LogP contribution in [0.5, 0.6) is 0 Å². The molecule has 17 heavy (non-hydrogen) atoms. The van der Waals surface area contributed by atoms with Crippen molar-refractivity contribution in [3.8, 4) is 0 Å². The molecule has 0 aliphatic heterocycles. The number of rotatable bonds is 6. The van der Waals surface area contributed by atoms with Crippen LogP contribution in [0.3, 0.4) is 0 Å². The number of nitrogens with one attached hydrogen (secondary N) is 1. The van der Waals surface area contributed by atoms with Crippen LogP contribution >= 0.6 is 0 Å². The number of nitrogens with zero attached hydrogens (tertiary/aromatic N) is 1. The maximum atomic E-state index is 11.5. The van der Waals surface area contributed by atoms with Gasteiger partial charge in [0.05, 0.1) is 11.8 Å². The average molecular weight is 240 g/mol. The number of hydrogen-bond acceptors (Lipinski definition) is 4. The van der Waals surface area contributed by atoms with Gasteiger partial charge in [0.15, 0.2) is 0 Å². The van der Waals surface area contributed by atoms with Gasteiger partial charge in [0.25, 0.3) is 0 Å². The number of carbonyl (C=O) groups excluding carboxylic acids is 1. The number of aliphatic hydroxyl groups excluding tert-OH is 1. The van der Waals surface area contributed by atoms with Crippen molar-refractivity contribution in [2.24, 2.45) is 0 Å². The Labute approximate surface area is 101 Å². The van der Waals surface area contributed by atoms with Gasteiger partial charge >= 0.3 is 0 Å². The molecule has 0 aliphatic carbocycles. The summed E-state index contributed by atoms with van der Waals surface area (Å²) in [6, 6.07) is 0. The molecule has 1 aromatic rings. The molecule has 5 nitrogen and oxygen atoms in total. The minimum absolute atomic E-state index is 0.00866. The summed E-state index contributed by atoms with van der Waals surface area (Å²) < 4.78 is 5.03. The zero-order chi connectivity index (χ0) is 12.8. The number of aryl methyl sites for hydroxylation is 2. The van der Waals surface area contributed by atoms with Crippen LogP contribution in [-0.4, -0.2) is 28.8 Å². The first-order valence-corrected chi connectivity index (χ1v) is 5.87. The minimum Gasteiger partial charge on any atom is -0.393 e.